The third-order valence-electron chi connectivity index (χ3n) is 3.67. The van der Waals surface area contributed by atoms with Gasteiger partial charge in [-0.3, -0.25) is 4.79 Å². The largest absolute Gasteiger partial charge is 0.507 e. The van der Waals surface area contributed by atoms with Gasteiger partial charge in [0.25, 0.3) is 0 Å². The zero-order valence-electron chi connectivity index (χ0n) is 15.7. The van der Waals surface area contributed by atoms with E-state index in [1.165, 1.54) is 39.0 Å². The van der Waals surface area contributed by atoms with Gasteiger partial charge in [0.15, 0.2) is 5.82 Å². The van der Waals surface area contributed by atoms with Gasteiger partial charge in [-0.25, -0.2) is 4.79 Å². The minimum absolute atomic E-state index is 0.0994. The Labute approximate surface area is 174 Å². The van der Waals surface area contributed by atoms with Crippen LogP contribution in [0.15, 0.2) is 15.1 Å². The number of nitrogens with zero attached hydrogens (tertiary/aromatic N) is 2. The Balaban J connectivity index is 2.23. The molecule has 0 aliphatic heterocycles. The van der Waals surface area contributed by atoms with Crippen molar-refractivity contribution in [3.63, 3.8) is 0 Å². The second-order valence-corrected chi connectivity index (χ2v) is 7.53. The molecule has 0 unspecified atom stereocenters. The number of esters is 1. The lowest BCUT2D eigenvalue weighted by Gasteiger charge is -2.17. The van der Waals surface area contributed by atoms with Crippen LogP contribution in [0.1, 0.15) is 40.6 Å². The maximum Gasteiger partial charge on any atom is 0.339 e. The third kappa shape index (κ3) is 5.16. The fourth-order valence-electron chi connectivity index (χ4n) is 2.42. The summed E-state index contributed by atoms with van der Waals surface area (Å²) in [5.41, 5.74) is 0.560. The Morgan fingerprint density at radius 1 is 1.43 bits per heavy atom. The van der Waals surface area contributed by atoms with E-state index >= 15 is 0 Å². The predicted octanol–water partition coefficient (Wildman–Crippen LogP) is 2.75. The summed E-state index contributed by atoms with van der Waals surface area (Å²) in [4.78, 5) is 27.9. The molecule has 11 heteroatoms. The number of phenols is 1. The molecule has 28 heavy (non-hydrogen) atoms. The molecule has 0 aliphatic carbocycles. The summed E-state index contributed by atoms with van der Waals surface area (Å²) in [6, 6.07) is 0.910. The van der Waals surface area contributed by atoms with Crippen LogP contribution in [0.2, 0.25) is 0 Å². The number of amides is 1. The molecule has 0 radical (unpaired) electrons. The Kier molecular flexibility index (Phi) is 7.69. The first-order chi connectivity index (χ1) is 13.3. The molecular weight excluding hydrogens is 454 g/mol. The summed E-state index contributed by atoms with van der Waals surface area (Å²) in [5, 5.41) is 16.9. The van der Waals surface area contributed by atoms with Crippen molar-refractivity contribution in [1.82, 2.24) is 15.5 Å². The van der Waals surface area contributed by atoms with Crippen molar-refractivity contribution in [2.45, 2.75) is 25.6 Å². The molecule has 1 amide bonds. The maximum atomic E-state index is 12.2. The van der Waals surface area contributed by atoms with Crippen LogP contribution in [0, 0.1) is 6.92 Å². The van der Waals surface area contributed by atoms with E-state index in [9.17, 15) is 14.7 Å². The number of thioether (sulfide) groups is 1. The lowest BCUT2D eigenvalue weighted by Crippen LogP contribution is -2.28. The molecule has 1 heterocycles. The molecule has 0 fully saturated rings. The number of hydrogen-bond acceptors (Lipinski definition) is 9. The topological polar surface area (TPSA) is 124 Å². The minimum atomic E-state index is -0.609. The highest BCUT2D eigenvalue weighted by Crippen LogP contribution is 2.39. The fourth-order valence-corrected chi connectivity index (χ4v) is 4.17. The molecule has 0 bridgehead atoms. The number of phenolic OH excluding ortho intramolecular Hbond substituents is 1. The maximum absolute atomic E-state index is 12.2. The number of aromatic hydroxyl groups is 1. The molecule has 0 spiro atoms. The van der Waals surface area contributed by atoms with Gasteiger partial charge in [0.1, 0.15) is 17.5 Å². The van der Waals surface area contributed by atoms with Crippen molar-refractivity contribution >= 4 is 39.6 Å². The first-order valence-corrected chi connectivity index (χ1v) is 10.0. The lowest BCUT2D eigenvalue weighted by atomic mass is 10.1. The number of carbonyl (C=O) groups is 2. The molecular formula is C17H20BrN3O6S. The van der Waals surface area contributed by atoms with Crippen LogP contribution >= 0.6 is 27.7 Å². The smallest absolute Gasteiger partial charge is 0.339 e. The van der Waals surface area contributed by atoms with E-state index in [0.29, 0.717) is 27.4 Å². The number of aromatic nitrogens is 2. The highest BCUT2D eigenvalue weighted by molar-refractivity contribution is 9.10. The molecule has 1 atom stereocenters. The fraction of sp³-hybridized carbons (Fsp3) is 0.412. The van der Waals surface area contributed by atoms with Gasteiger partial charge >= 0.3 is 5.97 Å². The Morgan fingerprint density at radius 2 is 2.14 bits per heavy atom. The normalized spacial score (nSPS) is 11.8. The molecule has 0 aliphatic rings. The number of halogens is 1. The molecule has 2 N–H and O–H groups in total. The standard InChI is InChI=1S/C17H20BrN3O6S/c1-8-19-16(27-21-8)11(20-9(2)22)7-28-6-10-12(23)5-13(25-3)15(18)14(10)17(24)26-4/h5,11,23H,6-7H2,1-4H3,(H,20,22)/t11-/m0/s1. The predicted molar refractivity (Wildman–Crippen MR) is 105 cm³/mol. The van der Waals surface area contributed by atoms with Gasteiger partial charge in [0.05, 0.1) is 24.3 Å². The molecule has 152 valence electrons. The summed E-state index contributed by atoms with van der Waals surface area (Å²) in [7, 11) is 2.69. The van der Waals surface area contributed by atoms with Crippen molar-refractivity contribution in [2.24, 2.45) is 0 Å². The quantitative estimate of drug-likeness (QED) is 0.556. The number of rotatable bonds is 8. The summed E-state index contributed by atoms with van der Waals surface area (Å²) >= 11 is 4.69. The second-order valence-electron chi connectivity index (χ2n) is 5.71. The summed E-state index contributed by atoms with van der Waals surface area (Å²) in [5.74, 6) is 0.747. The van der Waals surface area contributed by atoms with Gasteiger partial charge in [0.2, 0.25) is 11.8 Å². The van der Waals surface area contributed by atoms with Crippen molar-refractivity contribution in [3.8, 4) is 11.5 Å². The van der Waals surface area contributed by atoms with Gasteiger partial charge < -0.3 is 24.4 Å². The SMILES string of the molecule is COC(=O)c1c(Br)c(OC)cc(O)c1CSC[C@H](NC(C)=O)c1nc(C)no1. The number of carbonyl (C=O) groups excluding carboxylic acids is 2. The van der Waals surface area contributed by atoms with Gasteiger partial charge in [0, 0.05) is 30.1 Å². The average molecular weight is 474 g/mol. The van der Waals surface area contributed by atoms with Gasteiger partial charge in [-0.2, -0.15) is 16.7 Å². The van der Waals surface area contributed by atoms with Crippen LogP contribution in [0.5, 0.6) is 11.5 Å². The highest BCUT2D eigenvalue weighted by Gasteiger charge is 2.25. The van der Waals surface area contributed by atoms with Gasteiger partial charge in [-0.05, 0) is 22.9 Å². The monoisotopic (exact) mass is 473 g/mol. The average Bonchev–Trinajstić information content (AvgIpc) is 3.08. The van der Waals surface area contributed by atoms with Crippen molar-refractivity contribution < 1.29 is 28.7 Å². The molecule has 9 nitrogen and oxygen atoms in total. The van der Waals surface area contributed by atoms with Crippen LogP contribution in [-0.4, -0.2) is 47.1 Å². The van der Waals surface area contributed by atoms with Crippen LogP contribution in [0.4, 0.5) is 0 Å². The summed E-state index contributed by atoms with van der Waals surface area (Å²) < 4.78 is 15.5. The van der Waals surface area contributed by atoms with Crippen LogP contribution in [-0.2, 0) is 15.3 Å². The van der Waals surface area contributed by atoms with E-state index in [2.05, 4.69) is 31.4 Å². The Hall–Kier alpha value is -2.27. The number of aryl methyl sites for hydroxylation is 1. The number of methoxy groups -OCH3 is 2. The van der Waals surface area contributed by atoms with E-state index in [-0.39, 0.29) is 28.9 Å². The third-order valence-corrected chi connectivity index (χ3v) is 5.52. The highest BCUT2D eigenvalue weighted by atomic mass is 79.9. The number of nitrogens with one attached hydrogen (secondary N) is 1. The minimum Gasteiger partial charge on any atom is -0.507 e. The molecule has 1 aromatic carbocycles. The van der Waals surface area contributed by atoms with Crippen molar-refractivity contribution in [1.29, 1.82) is 0 Å². The Morgan fingerprint density at radius 3 is 2.68 bits per heavy atom. The summed E-state index contributed by atoms with van der Waals surface area (Å²) in [6.45, 7) is 3.07. The van der Waals surface area contributed by atoms with E-state index < -0.39 is 12.0 Å². The van der Waals surface area contributed by atoms with E-state index in [1.54, 1.807) is 6.92 Å². The van der Waals surface area contributed by atoms with Crippen LogP contribution < -0.4 is 10.1 Å². The van der Waals surface area contributed by atoms with Crippen molar-refractivity contribution in [3.05, 3.63) is 33.4 Å². The number of ether oxygens (including phenoxy) is 2. The molecule has 1 aromatic heterocycles. The van der Waals surface area contributed by atoms with Crippen molar-refractivity contribution in [2.75, 3.05) is 20.0 Å². The number of benzene rings is 1. The van der Waals surface area contributed by atoms with E-state index in [0.717, 1.165) is 0 Å². The first-order valence-electron chi connectivity index (χ1n) is 8.10. The van der Waals surface area contributed by atoms with Crippen LogP contribution in [0.3, 0.4) is 0 Å². The molecule has 2 aromatic rings. The zero-order valence-corrected chi connectivity index (χ0v) is 18.1. The second kappa shape index (κ2) is 9.78. The number of hydrogen-bond donors (Lipinski definition) is 2. The zero-order chi connectivity index (χ0) is 20.8. The van der Waals surface area contributed by atoms with Crippen LogP contribution in [0.25, 0.3) is 0 Å². The molecule has 0 saturated heterocycles. The van der Waals surface area contributed by atoms with E-state index in [1.807, 2.05) is 0 Å². The molecule has 2 rings (SSSR count). The Bertz CT molecular complexity index is 873. The summed E-state index contributed by atoms with van der Waals surface area (Å²) in [6.07, 6.45) is 0. The molecule has 0 saturated carbocycles. The van der Waals surface area contributed by atoms with E-state index in [4.69, 9.17) is 14.0 Å². The lowest BCUT2D eigenvalue weighted by molar-refractivity contribution is -0.119. The first kappa shape index (κ1) is 22.0. The van der Waals surface area contributed by atoms with Gasteiger partial charge in [-0.15, -0.1) is 0 Å². The van der Waals surface area contributed by atoms with Gasteiger partial charge in [-0.1, -0.05) is 5.16 Å².